The maximum Gasteiger partial charge on any atom is 0.132 e. The van der Waals surface area contributed by atoms with Crippen molar-refractivity contribution >= 4 is 29.4 Å². The third-order valence-corrected chi connectivity index (χ3v) is 4.74. The molecule has 0 saturated heterocycles. The predicted octanol–water partition coefficient (Wildman–Crippen LogP) is 6.27. The number of allylic oxidation sites excluding steroid dienone is 6. The standard InChI is InChI=1S/C26H34BN/c1-27(2,3)25-19-15-23(16-20-25)13-11-9-7-8-10-12-14-24-17-21-26(22-18-24)28(4,5)6/h7-22H,1-6H3/b9-7+,10-8+,13-11+,14-12+. The summed E-state index contributed by atoms with van der Waals surface area (Å²) >= 11 is 0. The van der Waals surface area contributed by atoms with Crippen molar-refractivity contribution in [3.05, 3.63) is 96.1 Å². The Morgan fingerprint density at radius 2 is 0.964 bits per heavy atom. The lowest BCUT2D eigenvalue weighted by Gasteiger charge is -2.24. The first-order chi connectivity index (χ1) is 13.2. The van der Waals surface area contributed by atoms with Gasteiger partial charge in [-0.05, 0) is 35.4 Å². The van der Waals surface area contributed by atoms with Crippen LogP contribution in [0.25, 0.3) is 12.2 Å². The molecule has 0 aliphatic rings. The molecule has 0 fully saturated rings. The average molecular weight is 371 g/mol. The lowest BCUT2D eigenvalue weighted by Crippen LogP contribution is -2.37. The van der Waals surface area contributed by atoms with Crippen LogP contribution in [0.15, 0.2) is 85.0 Å². The summed E-state index contributed by atoms with van der Waals surface area (Å²) in [7, 11) is 6.53. The van der Waals surface area contributed by atoms with Crippen LogP contribution in [0.4, 0.5) is 5.69 Å². The molecule has 0 radical (unpaired) electrons. The summed E-state index contributed by atoms with van der Waals surface area (Å²) in [6.45, 7) is 6.90. The minimum atomic E-state index is -0.430. The molecule has 2 aromatic carbocycles. The van der Waals surface area contributed by atoms with Gasteiger partial charge in [-0.3, -0.25) is 4.48 Å². The van der Waals surface area contributed by atoms with E-state index in [2.05, 4.69) is 127 Å². The monoisotopic (exact) mass is 371 g/mol. The maximum atomic E-state index is 2.30. The van der Waals surface area contributed by atoms with Crippen molar-refractivity contribution in [1.82, 2.24) is 4.48 Å². The Kier molecular flexibility index (Phi) is 7.42. The summed E-state index contributed by atoms with van der Waals surface area (Å²) in [5, 5.41) is 0. The third kappa shape index (κ3) is 7.21. The zero-order valence-corrected chi connectivity index (χ0v) is 18.3. The van der Waals surface area contributed by atoms with Crippen LogP contribution in [0.3, 0.4) is 0 Å². The van der Waals surface area contributed by atoms with Gasteiger partial charge in [0, 0.05) is 6.15 Å². The van der Waals surface area contributed by atoms with Crippen molar-refractivity contribution in [2.24, 2.45) is 0 Å². The molecule has 2 aromatic rings. The molecule has 146 valence electrons. The molecule has 0 atom stereocenters. The fourth-order valence-electron chi connectivity index (χ4n) is 2.81. The first-order valence-electron chi connectivity index (χ1n) is 10.1. The largest absolute Gasteiger partial charge is 0.298 e. The molecule has 0 bridgehead atoms. The van der Waals surface area contributed by atoms with Gasteiger partial charge in [0.25, 0.3) is 0 Å². The molecule has 0 N–H and O–H groups in total. The normalized spacial score (nSPS) is 13.5. The lowest BCUT2D eigenvalue weighted by atomic mass is 9.27. The van der Waals surface area contributed by atoms with Gasteiger partial charge in [0.1, 0.15) is 5.69 Å². The maximum absolute atomic E-state index is 2.30. The van der Waals surface area contributed by atoms with Crippen LogP contribution in [0.1, 0.15) is 11.1 Å². The molecule has 0 saturated carbocycles. The number of benzene rings is 2. The first-order valence-corrected chi connectivity index (χ1v) is 10.1. The van der Waals surface area contributed by atoms with Gasteiger partial charge >= 0.3 is 0 Å². The van der Waals surface area contributed by atoms with E-state index in [1.54, 1.807) is 0 Å². The molecule has 0 spiro atoms. The van der Waals surface area contributed by atoms with Crippen molar-refractivity contribution in [2.45, 2.75) is 20.5 Å². The van der Waals surface area contributed by atoms with Crippen molar-refractivity contribution in [3.63, 3.8) is 0 Å². The summed E-state index contributed by atoms with van der Waals surface area (Å²) < 4.78 is 0.837. The Morgan fingerprint density at radius 3 is 1.36 bits per heavy atom. The van der Waals surface area contributed by atoms with Crippen LogP contribution in [0, 0.1) is 0 Å². The van der Waals surface area contributed by atoms with E-state index in [0.717, 1.165) is 4.48 Å². The average Bonchev–Trinajstić information content (AvgIpc) is 2.63. The molecule has 0 aromatic heterocycles. The summed E-state index contributed by atoms with van der Waals surface area (Å²) in [4.78, 5) is 0. The van der Waals surface area contributed by atoms with Crippen LogP contribution in [0.2, 0.25) is 20.5 Å². The Labute approximate surface area is 171 Å². The summed E-state index contributed by atoms with van der Waals surface area (Å²) in [6, 6.07) is 17.5. The molecular formula is C26H34BN. The van der Waals surface area contributed by atoms with E-state index in [0.29, 0.717) is 0 Å². The first kappa shape index (κ1) is 21.7. The second kappa shape index (κ2) is 9.57. The third-order valence-electron chi connectivity index (χ3n) is 4.74. The molecule has 0 aliphatic heterocycles. The SMILES string of the molecule is C[B-](C)(C)c1ccc(/C=C/C=C/C=C/C=C/c2ccc([N+](C)(C)C)cc2)cc1. The van der Waals surface area contributed by atoms with Crippen molar-refractivity contribution < 1.29 is 0 Å². The second-order valence-electron chi connectivity index (χ2n) is 9.36. The van der Waals surface area contributed by atoms with Crippen LogP contribution in [-0.2, 0) is 0 Å². The molecular weight excluding hydrogens is 337 g/mol. The van der Waals surface area contributed by atoms with Gasteiger partial charge < -0.3 is 0 Å². The van der Waals surface area contributed by atoms with E-state index in [1.165, 1.54) is 22.3 Å². The van der Waals surface area contributed by atoms with Crippen LogP contribution < -0.4 is 9.95 Å². The van der Waals surface area contributed by atoms with Gasteiger partial charge in [0.15, 0.2) is 0 Å². The molecule has 1 nitrogen and oxygen atoms in total. The molecule has 0 heterocycles. The van der Waals surface area contributed by atoms with Crippen molar-refractivity contribution in [3.8, 4) is 0 Å². The van der Waals surface area contributed by atoms with Gasteiger partial charge in [0.2, 0.25) is 0 Å². The van der Waals surface area contributed by atoms with E-state index < -0.39 is 6.15 Å². The summed E-state index contributed by atoms with van der Waals surface area (Å²) in [5.41, 5.74) is 5.17. The van der Waals surface area contributed by atoms with Gasteiger partial charge in [-0.15, -0.1) is 0 Å². The highest BCUT2D eigenvalue weighted by Crippen LogP contribution is 2.17. The molecule has 2 heteroatoms. The van der Waals surface area contributed by atoms with Gasteiger partial charge in [-0.1, -0.05) is 72.9 Å². The van der Waals surface area contributed by atoms with Crippen LogP contribution in [0.5, 0.6) is 0 Å². The smallest absolute Gasteiger partial charge is 0.132 e. The molecule has 0 amide bonds. The predicted molar refractivity (Wildman–Crippen MR) is 132 cm³/mol. The minimum Gasteiger partial charge on any atom is -0.298 e. The highest BCUT2D eigenvalue weighted by Gasteiger charge is 2.10. The Hall–Kier alpha value is -2.58. The minimum absolute atomic E-state index is 0.430. The van der Waals surface area contributed by atoms with E-state index in [4.69, 9.17) is 0 Å². The zero-order valence-electron chi connectivity index (χ0n) is 18.3. The van der Waals surface area contributed by atoms with E-state index >= 15 is 0 Å². The molecule has 28 heavy (non-hydrogen) atoms. The zero-order chi connectivity index (χ0) is 20.6. The molecule has 2 rings (SSSR count). The fraction of sp³-hybridized carbons (Fsp3) is 0.231. The Bertz CT molecular complexity index is 777. The van der Waals surface area contributed by atoms with Crippen LogP contribution in [-0.4, -0.2) is 27.3 Å². The molecule has 0 aliphatic carbocycles. The van der Waals surface area contributed by atoms with E-state index in [1.807, 2.05) is 12.2 Å². The van der Waals surface area contributed by atoms with Crippen molar-refractivity contribution in [2.75, 3.05) is 21.1 Å². The number of hydrogen-bond acceptors (Lipinski definition) is 0. The topological polar surface area (TPSA) is 0 Å². The number of rotatable bonds is 7. The number of quaternary nitrogens is 1. The summed E-state index contributed by atoms with van der Waals surface area (Å²) in [5.74, 6) is 0. The van der Waals surface area contributed by atoms with Gasteiger partial charge in [-0.2, -0.15) is 20.5 Å². The van der Waals surface area contributed by atoms with E-state index in [9.17, 15) is 0 Å². The Morgan fingerprint density at radius 1 is 0.571 bits per heavy atom. The highest BCUT2D eigenvalue weighted by atomic mass is 15.3. The van der Waals surface area contributed by atoms with Gasteiger partial charge in [0.05, 0.1) is 21.1 Å². The van der Waals surface area contributed by atoms with Crippen molar-refractivity contribution in [1.29, 1.82) is 0 Å². The highest BCUT2D eigenvalue weighted by molar-refractivity contribution is 6.88. The van der Waals surface area contributed by atoms with Gasteiger partial charge in [-0.25, -0.2) is 5.46 Å². The van der Waals surface area contributed by atoms with E-state index in [-0.39, 0.29) is 0 Å². The quantitative estimate of drug-likeness (QED) is 0.306. The number of hydrogen-bond donors (Lipinski definition) is 0. The summed E-state index contributed by atoms with van der Waals surface area (Å²) in [6.07, 6.45) is 16.2. The van der Waals surface area contributed by atoms with Crippen LogP contribution >= 0.6 is 0 Å². The second-order valence-corrected chi connectivity index (χ2v) is 9.36. The number of nitrogens with zero attached hydrogens (tertiary/aromatic N) is 1. The Balaban J connectivity index is 1.83. The lowest BCUT2D eigenvalue weighted by molar-refractivity contribution is 0.486. The molecule has 0 unspecified atom stereocenters. The fourth-order valence-corrected chi connectivity index (χ4v) is 2.81.